The third kappa shape index (κ3) is 5.82. The average molecular weight is 185 g/mol. The number of esters is 1. The average Bonchev–Trinajstić information content (AvgIpc) is 2.04. The largest absolute Gasteiger partial charge is 0.469 e. The summed E-state index contributed by atoms with van der Waals surface area (Å²) >= 11 is 0. The van der Waals surface area contributed by atoms with Crippen molar-refractivity contribution in [2.45, 2.75) is 25.4 Å². The standard InChI is InChI=1S/C8H11NO4/c1-13-8(12)5-7(11)4-6(10)2-3-9/h6,10H,2,4-5H2,1H3/t6-/m1/s1. The van der Waals surface area contributed by atoms with Gasteiger partial charge in [0.25, 0.3) is 0 Å². The summed E-state index contributed by atoms with van der Waals surface area (Å²) in [6, 6.07) is 1.72. The predicted molar refractivity (Wildman–Crippen MR) is 42.5 cm³/mol. The number of nitriles is 1. The van der Waals surface area contributed by atoms with Crippen LogP contribution in [0.25, 0.3) is 0 Å². The van der Waals surface area contributed by atoms with Crippen molar-refractivity contribution in [1.82, 2.24) is 0 Å². The highest BCUT2D eigenvalue weighted by Gasteiger charge is 2.14. The van der Waals surface area contributed by atoms with Crippen molar-refractivity contribution in [1.29, 1.82) is 5.26 Å². The van der Waals surface area contributed by atoms with E-state index in [2.05, 4.69) is 4.74 Å². The molecule has 1 N–H and O–H groups in total. The minimum atomic E-state index is -0.984. The molecule has 0 aromatic carbocycles. The number of nitrogens with zero attached hydrogens (tertiary/aromatic N) is 1. The molecule has 0 saturated heterocycles. The molecule has 0 bridgehead atoms. The molecule has 0 spiro atoms. The highest BCUT2D eigenvalue weighted by Crippen LogP contribution is 2.00. The van der Waals surface area contributed by atoms with Gasteiger partial charge in [-0.15, -0.1) is 0 Å². The Labute approximate surface area is 75.9 Å². The predicted octanol–water partition coefficient (Wildman–Crippen LogP) is -0.217. The summed E-state index contributed by atoms with van der Waals surface area (Å²) in [6.07, 6.45) is -1.61. The van der Waals surface area contributed by atoms with Crippen molar-refractivity contribution in [3.63, 3.8) is 0 Å². The van der Waals surface area contributed by atoms with Crippen molar-refractivity contribution < 1.29 is 19.4 Å². The van der Waals surface area contributed by atoms with Gasteiger partial charge in [0.2, 0.25) is 0 Å². The van der Waals surface area contributed by atoms with E-state index < -0.39 is 17.9 Å². The van der Waals surface area contributed by atoms with Crippen LogP contribution in [0.15, 0.2) is 0 Å². The molecule has 0 aromatic heterocycles. The maximum absolute atomic E-state index is 10.9. The molecule has 0 amide bonds. The topological polar surface area (TPSA) is 87.4 Å². The molecule has 5 heteroatoms. The van der Waals surface area contributed by atoms with E-state index in [1.165, 1.54) is 7.11 Å². The van der Waals surface area contributed by atoms with Crippen LogP contribution in [0.2, 0.25) is 0 Å². The van der Waals surface area contributed by atoms with Gasteiger partial charge in [-0.25, -0.2) is 0 Å². The number of rotatable bonds is 5. The first kappa shape index (κ1) is 11.6. The van der Waals surface area contributed by atoms with E-state index in [4.69, 9.17) is 10.4 Å². The van der Waals surface area contributed by atoms with Crippen molar-refractivity contribution in [3.05, 3.63) is 0 Å². The monoisotopic (exact) mass is 185 g/mol. The van der Waals surface area contributed by atoms with Gasteiger partial charge in [-0.3, -0.25) is 9.59 Å². The first-order valence-electron chi connectivity index (χ1n) is 3.73. The zero-order valence-corrected chi connectivity index (χ0v) is 7.32. The molecule has 0 fully saturated rings. The van der Waals surface area contributed by atoms with Crippen molar-refractivity contribution in [2.75, 3.05) is 7.11 Å². The summed E-state index contributed by atoms with van der Waals surface area (Å²) in [5, 5.41) is 17.2. The van der Waals surface area contributed by atoms with Gasteiger partial charge in [-0.05, 0) is 0 Å². The highest BCUT2D eigenvalue weighted by molar-refractivity contribution is 5.95. The molecular formula is C8H11NO4. The molecular weight excluding hydrogens is 174 g/mol. The summed E-state index contributed by atoms with van der Waals surface area (Å²) in [6.45, 7) is 0. The van der Waals surface area contributed by atoms with E-state index in [-0.39, 0.29) is 19.3 Å². The van der Waals surface area contributed by atoms with Crippen LogP contribution in [0.3, 0.4) is 0 Å². The minimum Gasteiger partial charge on any atom is -0.469 e. The molecule has 0 aliphatic rings. The molecule has 0 aliphatic heterocycles. The van der Waals surface area contributed by atoms with Gasteiger partial charge in [0, 0.05) is 6.42 Å². The number of carbonyl (C=O) groups excluding carboxylic acids is 2. The van der Waals surface area contributed by atoms with E-state index in [1.807, 2.05) is 0 Å². The van der Waals surface area contributed by atoms with Gasteiger partial charge >= 0.3 is 5.97 Å². The Balaban J connectivity index is 3.75. The fraction of sp³-hybridized carbons (Fsp3) is 0.625. The highest BCUT2D eigenvalue weighted by atomic mass is 16.5. The van der Waals surface area contributed by atoms with E-state index in [1.54, 1.807) is 6.07 Å². The Bertz CT molecular complexity index is 231. The summed E-state index contributed by atoms with van der Waals surface area (Å²) in [5.74, 6) is -1.05. The van der Waals surface area contributed by atoms with Crippen LogP contribution in [-0.2, 0) is 14.3 Å². The Morgan fingerprint density at radius 3 is 2.69 bits per heavy atom. The van der Waals surface area contributed by atoms with Crippen LogP contribution in [0.1, 0.15) is 19.3 Å². The van der Waals surface area contributed by atoms with Gasteiger partial charge < -0.3 is 9.84 Å². The molecule has 0 saturated carbocycles. The second-order valence-electron chi connectivity index (χ2n) is 2.51. The van der Waals surface area contributed by atoms with Gasteiger partial charge in [0.15, 0.2) is 0 Å². The third-order valence-corrected chi connectivity index (χ3v) is 1.36. The summed E-state index contributed by atoms with van der Waals surface area (Å²) in [5.41, 5.74) is 0. The number of hydrogen-bond acceptors (Lipinski definition) is 5. The van der Waals surface area contributed by atoms with Gasteiger partial charge in [-0.1, -0.05) is 0 Å². The van der Waals surface area contributed by atoms with E-state index >= 15 is 0 Å². The van der Waals surface area contributed by atoms with Crippen molar-refractivity contribution in [2.24, 2.45) is 0 Å². The first-order valence-corrected chi connectivity index (χ1v) is 3.73. The van der Waals surface area contributed by atoms with Crippen LogP contribution in [0.5, 0.6) is 0 Å². The van der Waals surface area contributed by atoms with Crippen LogP contribution >= 0.6 is 0 Å². The number of aliphatic hydroxyl groups excluding tert-OH is 1. The lowest BCUT2D eigenvalue weighted by Gasteiger charge is -2.03. The van der Waals surface area contributed by atoms with Crippen molar-refractivity contribution >= 4 is 11.8 Å². The van der Waals surface area contributed by atoms with Crippen LogP contribution in [0, 0.1) is 11.3 Å². The SMILES string of the molecule is COC(=O)CC(=O)C[C@H](O)CC#N. The molecule has 72 valence electrons. The van der Waals surface area contributed by atoms with Crippen LogP contribution < -0.4 is 0 Å². The zero-order valence-electron chi connectivity index (χ0n) is 7.32. The number of hydrogen-bond donors (Lipinski definition) is 1. The number of aliphatic hydroxyl groups is 1. The Hall–Kier alpha value is -1.41. The molecule has 1 atom stereocenters. The molecule has 0 aliphatic carbocycles. The van der Waals surface area contributed by atoms with Gasteiger partial charge in [-0.2, -0.15) is 5.26 Å². The number of carbonyl (C=O) groups is 2. The van der Waals surface area contributed by atoms with Crippen LogP contribution in [-0.4, -0.2) is 30.1 Å². The Morgan fingerprint density at radius 2 is 2.23 bits per heavy atom. The molecule has 0 aromatic rings. The van der Waals surface area contributed by atoms with E-state index in [0.717, 1.165) is 0 Å². The maximum Gasteiger partial charge on any atom is 0.313 e. The maximum atomic E-state index is 10.9. The molecule has 5 nitrogen and oxygen atoms in total. The fourth-order valence-corrected chi connectivity index (χ4v) is 0.746. The molecule has 0 unspecified atom stereocenters. The third-order valence-electron chi connectivity index (χ3n) is 1.36. The van der Waals surface area contributed by atoms with E-state index in [0.29, 0.717) is 0 Å². The second kappa shape index (κ2) is 6.14. The zero-order chi connectivity index (χ0) is 10.3. The fourth-order valence-electron chi connectivity index (χ4n) is 0.746. The molecule has 0 heterocycles. The lowest BCUT2D eigenvalue weighted by molar-refractivity contribution is -0.143. The smallest absolute Gasteiger partial charge is 0.313 e. The number of ether oxygens (including phenoxy) is 1. The normalized spacial score (nSPS) is 11.5. The number of ketones is 1. The minimum absolute atomic E-state index is 0.104. The lowest BCUT2D eigenvalue weighted by Crippen LogP contribution is -2.16. The summed E-state index contributed by atoms with van der Waals surface area (Å²) in [7, 11) is 1.18. The summed E-state index contributed by atoms with van der Waals surface area (Å²) in [4.78, 5) is 21.5. The molecule has 0 rings (SSSR count). The summed E-state index contributed by atoms with van der Waals surface area (Å²) < 4.78 is 4.26. The number of methoxy groups -OCH3 is 1. The Morgan fingerprint density at radius 1 is 1.62 bits per heavy atom. The van der Waals surface area contributed by atoms with Gasteiger partial charge in [0.05, 0.1) is 25.7 Å². The van der Waals surface area contributed by atoms with Gasteiger partial charge in [0.1, 0.15) is 12.2 Å². The van der Waals surface area contributed by atoms with Crippen molar-refractivity contribution in [3.8, 4) is 6.07 Å². The van der Waals surface area contributed by atoms with E-state index in [9.17, 15) is 9.59 Å². The second-order valence-corrected chi connectivity index (χ2v) is 2.51. The molecule has 13 heavy (non-hydrogen) atoms. The lowest BCUT2D eigenvalue weighted by atomic mass is 10.1. The Kier molecular flexibility index (Phi) is 5.48. The first-order chi connectivity index (χ1) is 6.10. The number of Topliss-reactive ketones (excluding diaryl/α,β-unsaturated/α-hetero) is 1. The molecule has 0 radical (unpaired) electrons. The quantitative estimate of drug-likeness (QED) is 0.472. The van der Waals surface area contributed by atoms with Crippen LogP contribution in [0.4, 0.5) is 0 Å².